The molecule has 0 saturated heterocycles. The van der Waals surface area contributed by atoms with Crippen molar-refractivity contribution in [2.24, 2.45) is 5.10 Å². The molecule has 1 amide bonds. The van der Waals surface area contributed by atoms with Gasteiger partial charge in [0.15, 0.2) is 5.76 Å². The fourth-order valence-corrected chi connectivity index (χ4v) is 1.22. The van der Waals surface area contributed by atoms with Crippen LogP contribution in [0, 0.1) is 6.92 Å². The number of furan rings is 1. The molecule has 2 rings (SSSR count). The van der Waals surface area contributed by atoms with Gasteiger partial charge in [-0.15, -0.1) is 0 Å². The van der Waals surface area contributed by atoms with Gasteiger partial charge in [0.05, 0.1) is 11.9 Å². The monoisotopic (exact) mass is 229 g/mol. The number of carbonyl (C=O) groups excluding carboxylic acids is 1. The number of rotatable bonds is 3. The first kappa shape index (κ1) is 11.1. The number of aromatic nitrogens is 1. The molecule has 0 spiro atoms. The Kier molecular flexibility index (Phi) is 3.30. The molecule has 17 heavy (non-hydrogen) atoms. The number of aryl methyl sites for hydroxylation is 1. The van der Waals surface area contributed by atoms with Crippen molar-refractivity contribution in [3.05, 3.63) is 53.7 Å². The highest BCUT2D eigenvalue weighted by atomic mass is 16.3. The van der Waals surface area contributed by atoms with Gasteiger partial charge in [0.25, 0.3) is 0 Å². The topological polar surface area (TPSA) is 67.5 Å². The van der Waals surface area contributed by atoms with Crippen molar-refractivity contribution in [1.29, 1.82) is 0 Å². The van der Waals surface area contributed by atoms with Crippen molar-refractivity contribution < 1.29 is 9.21 Å². The standard InChI is InChI=1S/C12H11N3O2/c1-9-5-6-11(17-9)12(16)15-14-8-10-4-2-3-7-13-10/h2-8H,1H3,(H,15,16)/b14-8+. The molecule has 0 aliphatic rings. The first-order valence-electron chi connectivity index (χ1n) is 5.06. The van der Waals surface area contributed by atoms with Crippen LogP contribution in [0.15, 0.2) is 46.0 Å². The molecule has 5 heteroatoms. The lowest BCUT2D eigenvalue weighted by molar-refractivity contribution is 0.0926. The third kappa shape index (κ3) is 3.01. The number of hydrogen-bond donors (Lipinski definition) is 1. The molecule has 0 radical (unpaired) electrons. The van der Waals surface area contributed by atoms with Gasteiger partial charge in [-0.2, -0.15) is 5.10 Å². The Morgan fingerprint density at radius 1 is 1.41 bits per heavy atom. The van der Waals surface area contributed by atoms with E-state index in [1.165, 1.54) is 6.21 Å². The van der Waals surface area contributed by atoms with Crippen molar-refractivity contribution in [2.45, 2.75) is 6.92 Å². The summed E-state index contributed by atoms with van der Waals surface area (Å²) in [6, 6.07) is 8.75. The zero-order valence-electron chi connectivity index (χ0n) is 9.25. The minimum absolute atomic E-state index is 0.237. The quantitative estimate of drug-likeness (QED) is 0.644. The molecule has 86 valence electrons. The molecule has 0 aromatic carbocycles. The lowest BCUT2D eigenvalue weighted by Gasteiger charge is -1.95. The number of nitrogens with one attached hydrogen (secondary N) is 1. The zero-order chi connectivity index (χ0) is 12.1. The summed E-state index contributed by atoms with van der Waals surface area (Å²) in [7, 11) is 0. The van der Waals surface area contributed by atoms with Crippen molar-refractivity contribution in [3.63, 3.8) is 0 Å². The molecular weight excluding hydrogens is 218 g/mol. The number of amides is 1. The predicted molar refractivity (Wildman–Crippen MR) is 62.7 cm³/mol. The van der Waals surface area contributed by atoms with Gasteiger partial charge in [0, 0.05) is 6.20 Å². The highest BCUT2D eigenvalue weighted by molar-refractivity contribution is 5.92. The van der Waals surface area contributed by atoms with Crippen molar-refractivity contribution >= 4 is 12.1 Å². The molecule has 0 aliphatic heterocycles. The largest absolute Gasteiger partial charge is 0.456 e. The van der Waals surface area contributed by atoms with E-state index in [1.54, 1.807) is 31.3 Å². The van der Waals surface area contributed by atoms with Crippen molar-refractivity contribution in [2.75, 3.05) is 0 Å². The van der Waals surface area contributed by atoms with Gasteiger partial charge < -0.3 is 4.42 Å². The third-order valence-corrected chi connectivity index (χ3v) is 2.01. The van der Waals surface area contributed by atoms with Crippen LogP contribution < -0.4 is 5.43 Å². The van der Waals surface area contributed by atoms with Gasteiger partial charge in [-0.25, -0.2) is 5.43 Å². The Bertz CT molecular complexity index is 532. The van der Waals surface area contributed by atoms with E-state index >= 15 is 0 Å². The molecule has 0 saturated carbocycles. The van der Waals surface area contributed by atoms with Crippen molar-refractivity contribution in [1.82, 2.24) is 10.4 Å². The molecule has 0 fully saturated rings. The maximum absolute atomic E-state index is 11.5. The summed E-state index contributed by atoms with van der Waals surface area (Å²) in [5.41, 5.74) is 3.03. The van der Waals surface area contributed by atoms with E-state index in [9.17, 15) is 4.79 Å². The summed E-state index contributed by atoms with van der Waals surface area (Å²) >= 11 is 0. The average molecular weight is 229 g/mol. The summed E-state index contributed by atoms with van der Waals surface area (Å²) < 4.78 is 5.15. The molecule has 5 nitrogen and oxygen atoms in total. The van der Waals surface area contributed by atoms with Crippen LogP contribution in [-0.2, 0) is 0 Å². The van der Waals surface area contributed by atoms with Gasteiger partial charge in [-0.3, -0.25) is 9.78 Å². The second-order valence-electron chi connectivity index (χ2n) is 3.36. The van der Waals surface area contributed by atoms with Crippen LogP contribution >= 0.6 is 0 Å². The Balaban J connectivity index is 1.95. The van der Waals surface area contributed by atoms with E-state index in [2.05, 4.69) is 15.5 Å². The Labute approximate surface area is 98.2 Å². The van der Waals surface area contributed by atoms with Crippen LogP contribution in [-0.4, -0.2) is 17.1 Å². The van der Waals surface area contributed by atoms with E-state index in [4.69, 9.17) is 4.42 Å². The number of hydrogen-bond acceptors (Lipinski definition) is 4. The summed E-state index contributed by atoms with van der Waals surface area (Å²) in [6.45, 7) is 1.77. The maximum atomic E-state index is 11.5. The summed E-state index contributed by atoms with van der Waals surface area (Å²) in [5, 5.41) is 3.78. The van der Waals surface area contributed by atoms with Gasteiger partial charge in [0.1, 0.15) is 5.76 Å². The molecule has 1 N–H and O–H groups in total. The smallest absolute Gasteiger partial charge is 0.307 e. The lowest BCUT2D eigenvalue weighted by Crippen LogP contribution is -2.16. The van der Waals surface area contributed by atoms with E-state index < -0.39 is 0 Å². The molecule has 0 aliphatic carbocycles. The molecule has 0 atom stereocenters. The summed E-state index contributed by atoms with van der Waals surface area (Å²) in [4.78, 5) is 15.5. The molecule has 2 aromatic heterocycles. The fraction of sp³-hybridized carbons (Fsp3) is 0.0833. The number of carbonyl (C=O) groups is 1. The SMILES string of the molecule is Cc1ccc(C(=O)N/N=C/c2ccccn2)o1. The minimum Gasteiger partial charge on any atom is -0.456 e. The molecule has 2 heterocycles. The van der Waals surface area contributed by atoms with E-state index in [1.807, 2.05) is 12.1 Å². The second-order valence-corrected chi connectivity index (χ2v) is 3.36. The Hall–Kier alpha value is -2.43. The first-order valence-corrected chi connectivity index (χ1v) is 5.06. The number of nitrogens with zero attached hydrogens (tertiary/aromatic N) is 2. The maximum Gasteiger partial charge on any atom is 0.307 e. The van der Waals surface area contributed by atoms with Gasteiger partial charge >= 0.3 is 5.91 Å². The number of pyridine rings is 1. The highest BCUT2D eigenvalue weighted by Gasteiger charge is 2.07. The molecular formula is C12H11N3O2. The van der Waals surface area contributed by atoms with Gasteiger partial charge in [-0.1, -0.05) is 6.07 Å². The molecule has 2 aromatic rings. The van der Waals surface area contributed by atoms with Crippen LogP contribution in [0.4, 0.5) is 0 Å². The molecule has 0 bridgehead atoms. The van der Waals surface area contributed by atoms with E-state index in [0.29, 0.717) is 11.5 Å². The van der Waals surface area contributed by atoms with Crippen LogP contribution in [0.25, 0.3) is 0 Å². The van der Waals surface area contributed by atoms with Crippen molar-refractivity contribution in [3.8, 4) is 0 Å². The van der Waals surface area contributed by atoms with Gasteiger partial charge in [0.2, 0.25) is 0 Å². The van der Waals surface area contributed by atoms with Gasteiger partial charge in [-0.05, 0) is 31.2 Å². The summed E-state index contributed by atoms with van der Waals surface area (Å²) in [6.07, 6.45) is 3.12. The predicted octanol–water partition coefficient (Wildman–Crippen LogP) is 1.75. The summed E-state index contributed by atoms with van der Waals surface area (Å²) in [5.74, 6) is 0.537. The normalized spacial score (nSPS) is 10.6. The van der Waals surface area contributed by atoms with E-state index in [-0.39, 0.29) is 11.7 Å². The molecule has 0 unspecified atom stereocenters. The van der Waals surface area contributed by atoms with Crippen LogP contribution in [0.1, 0.15) is 22.0 Å². The second kappa shape index (κ2) is 5.07. The average Bonchev–Trinajstić information content (AvgIpc) is 2.77. The lowest BCUT2D eigenvalue weighted by atomic mass is 10.4. The fourth-order valence-electron chi connectivity index (χ4n) is 1.22. The first-order chi connectivity index (χ1) is 8.25. The van der Waals surface area contributed by atoms with Crippen LogP contribution in [0.5, 0.6) is 0 Å². The zero-order valence-corrected chi connectivity index (χ0v) is 9.25. The van der Waals surface area contributed by atoms with E-state index in [0.717, 1.165) is 0 Å². The Morgan fingerprint density at radius 3 is 2.94 bits per heavy atom. The highest BCUT2D eigenvalue weighted by Crippen LogP contribution is 2.05. The van der Waals surface area contributed by atoms with Crippen LogP contribution in [0.3, 0.4) is 0 Å². The minimum atomic E-state index is -0.384. The number of hydrazone groups is 1. The Morgan fingerprint density at radius 2 is 2.29 bits per heavy atom. The van der Waals surface area contributed by atoms with Crippen LogP contribution in [0.2, 0.25) is 0 Å². The third-order valence-electron chi connectivity index (χ3n) is 2.01.